The van der Waals surface area contributed by atoms with Crippen LogP contribution in [0.4, 0.5) is 32.0 Å². The van der Waals surface area contributed by atoms with Gasteiger partial charge in [0.15, 0.2) is 0 Å². The molecule has 0 fully saturated rings. The molecule has 0 atom stereocenters. The molecule has 0 saturated heterocycles. The fourth-order valence-electron chi connectivity index (χ4n) is 2.42. The third kappa shape index (κ3) is 2.46. The average molecular weight is 340 g/mol. The van der Waals surface area contributed by atoms with Gasteiger partial charge in [0, 0.05) is 11.0 Å². The molecule has 23 heavy (non-hydrogen) atoms. The standard InChI is InChI=1S/C14H14F6N2O/c1-11(2,3)10-21-12(13(15,16)17,14(18,19)20)8-6-4-5-7-9(8)22(10)23/h4-7,23H,1-3H3. The van der Waals surface area contributed by atoms with Crippen LogP contribution in [0.1, 0.15) is 26.3 Å². The molecule has 0 aliphatic carbocycles. The Morgan fingerprint density at radius 1 is 0.957 bits per heavy atom. The minimum Gasteiger partial charge on any atom is -0.282 e. The quantitative estimate of drug-likeness (QED) is 0.697. The van der Waals surface area contributed by atoms with E-state index in [1.54, 1.807) is 0 Å². The zero-order chi connectivity index (χ0) is 17.8. The summed E-state index contributed by atoms with van der Waals surface area (Å²) in [5.41, 5.74) is -7.42. The summed E-state index contributed by atoms with van der Waals surface area (Å²) in [4.78, 5) is 2.99. The molecule has 3 nitrogen and oxygen atoms in total. The Kier molecular flexibility index (Phi) is 3.72. The van der Waals surface area contributed by atoms with Crippen LogP contribution < -0.4 is 5.06 Å². The van der Waals surface area contributed by atoms with Gasteiger partial charge in [0.25, 0.3) is 5.54 Å². The first-order chi connectivity index (χ1) is 10.2. The number of alkyl halides is 6. The van der Waals surface area contributed by atoms with Gasteiger partial charge in [-0.2, -0.15) is 26.3 Å². The number of halogens is 6. The lowest BCUT2D eigenvalue weighted by atomic mass is 9.83. The monoisotopic (exact) mass is 340 g/mol. The summed E-state index contributed by atoms with van der Waals surface area (Å²) in [5.74, 6) is -0.717. The van der Waals surface area contributed by atoms with Crippen molar-refractivity contribution in [2.24, 2.45) is 10.4 Å². The summed E-state index contributed by atoms with van der Waals surface area (Å²) in [6.45, 7) is 4.08. The van der Waals surface area contributed by atoms with Crippen LogP contribution in [-0.4, -0.2) is 23.4 Å². The molecule has 2 rings (SSSR count). The molecule has 0 spiro atoms. The second-order valence-corrected chi connectivity index (χ2v) is 6.22. The topological polar surface area (TPSA) is 35.8 Å². The van der Waals surface area contributed by atoms with E-state index in [2.05, 4.69) is 4.99 Å². The van der Waals surface area contributed by atoms with Crippen molar-refractivity contribution in [2.75, 3.05) is 5.06 Å². The largest absolute Gasteiger partial charge is 0.427 e. The average Bonchev–Trinajstić information content (AvgIpc) is 2.35. The minimum absolute atomic E-state index is 0.283. The Bertz CT molecular complexity index is 628. The zero-order valence-electron chi connectivity index (χ0n) is 12.4. The highest BCUT2D eigenvalue weighted by Crippen LogP contribution is 2.57. The maximum Gasteiger partial charge on any atom is 0.427 e. The van der Waals surface area contributed by atoms with E-state index >= 15 is 0 Å². The van der Waals surface area contributed by atoms with Gasteiger partial charge in [0.1, 0.15) is 5.84 Å². The smallest absolute Gasteiger partial charge is 0.282 e. The predicted octanol–water partition coefficient (Wildman–Crippen LogP) is 4.66. The van der Waals surface area contributed by atoms with Gasteiger partial charge >= 0.3 is 12.4 Å². The van der Waals surface area contributed by atoms with E-state index in [1.807, 2.05) is 0 Å². The number of hydroxylamine groups is 1. The van der Waals surface area contributed by atoms with Crippen LogP contribution in [-0.2, 0) is 5.54 Å². The lowest BCUT2D eigenvalue weighted by Gasteiger charge is -2.43. The summed E-state index contributed by atoms with van der Waals surface area (Å²) in [5, 5.41) is 10.4. The Morgan fingerprint density at radius 2 is 1.43 bits per heavy atom. The SMILES string of the molecule is CC(C)(C)C1=NC(C(F)(F)F)(C(F)(F)F)c2ccccc2N1O. The maximum absolute atomic E-state index is 13.5. The van der Waals surface area contributed by atoms with E-state index in [4.69, 9.17) is 0 Å². The summed E-state index contributed by atoms with van der Waals surface area (Å²) in [7, 11) is 0. The van der Waals surface area contributed by atoms with Crippen molar-refractivity contribution in [3.63, 3.8) is 0 Å². The van der Waals surface area contributed by atoms with E-state index in [1.165, 1.54) is 26.8 Å². The zero-order valence-corrected chi connectivity index (χ0v) is 12.4. The van der Waals surface area contributed by atoms with Crippen molar-refractivity contribution in [2.45, 2.75) is 38.7 Å². The molecule has 1 aromatic rings. The van der Waals surface area contributed by atoms with Crippen LogP contribution in [0.25, 0.3) is 0 Å². The highest BCUT2D eigenvalue weighted by molar-refractivity contribution is 6.02. The number of hydrogen-bond acceptors (Lipinski definition) is 3. The molecule has 128 valence electrons. The van der Waals surface area contributed by atoms with Crippen LogP contribution in [0.5, 0.6) is 0 Å². The van der Waals surface area contributed by atoms with Crippen LogP contribution in [0, 0.1) is 5.41 Å². The van der Waals surface area contributed by atoms with Gasteiger partial charge in [0.2, 0.25) is 0 Å². The van der Waals surface area contributed by atoms with Crippen LogP contribution in [0.15, 0.2) is 29.3 Å². The number of nitrogens with zero attached hydrogens (tertiary/aromatic N) is 2. The van der Waals surface area contributed by atoms with Crippen molar-refractivity contribution >= 4 is 11.5 Å². The maximum atomic E-state index is 13.5. The number of aliphatic imine (C=N–C) groups is 1. The predicted molar refractivity (Wildman–Crippen MR) is 71.4 cm³/mol. The minimum atomic E-state index is -5.72. The van der Waals surface area contributed by atoms with Crippen molar-refractivity contribution in [3.8, 4) is 0 Å². The van der Waals surface area contributed by atoms with E-state index in [0.29, 0.717) is 6.07 Å². The van der Waals surface area contributed by atoms with Crippen molar-refractivity contribution < 1.29 is 31.5 Å². The molecular weight excluding hydrogens is 326 g/mol. The molecule has 1 N–H and O–H groups in total. The highest BCUT2D eigenvalue weighted by Gasteiger charge is 2.74. The molecule has 1 aliphatic rings. The first-order valence-corrected chi connectivity index (χ1v) is 6.56. The molecule has 0 unspecified atom stereocenters. The van der Waals surface area contributed by atoms with Gasteiger partial charge < -0.3 is 0 Å². The second-order valence-electron chi connectivity index (χ2n) is 6.22. The van der Waals surface area contributed by atoms with Gasteiger partial charge in [-0.1, -0.05) is 39.0 Å². The lowest BCUT2D eigenvalue weighted by molar-refractivity contribution is -0.301. The van der Waals surface area contributed by atoms with Gasteiger partial charge in [-0.15, -0.1) is 0 Å². The number of hydrogen-bond donors (Lipinski definition) is 1. The van der Waals surface area contributed by atoms with Crippen LogP contribution in [0.3, 0.4) is 0 Å². The molecule has 1 heterocycles. The lowest BCUT2D eigenvalue weighted by Crippen LogP contribution is -2.58. The summed E-state index contributed by atoms with van der Waals surface area (Å²) >= 11 is 0. The molecule has 1 aliphatic heterocycles. The van der Waals surface area contributed by atoms with E-state index in [-0.39, 0.29) is 5.06 Å². The van der Waals surface area contributed by atoms with Crippen molar-refractivity contribution in [3.05, 3.63) is 29.8 Å². The fraction of sp³-hybridized carbons (Fsp3) is 0.500. The van der Waals surface area contributed by atoms with E-state index in [0.717, 1.165) is 12.1 Å². The van der Waals surface area contributed by atoms with Crippen LogP contribution in [0.2, 0.25) is 0 Å². The number of fused-ring (bicyclic) bond motifs is 1. The molecular formula is C14H14F6N2O. The Balaban J connectivity index is 2.95. The summed E-state index contributed by atoms with van der Waals surface area (Å²) in [6, 6.07) is 3.94. The Labute approximate surface area is 128 Å². The highest BCUT2D eigenvalue weighted by atomic mass is 19.4. The first-order valence-electron chi connectivity index (χ1n) is 6.56. The third-order valence-electron chi connectivity index (χ3n) is 3.49. The molecule has 1 aromatic carbocycles. The van der Waals surface area contributed by atoms with Crippen molar-refractivity contribution in [1.82, 2.24) is 0 Å². The number of benzene rings is 1. The fourth-order valence-corrected chi connectivity index (χ4v) is 2.42. The summed E-state index contributed by atoms with van der Waals surface area (Å²) in [6.07, 6.45) is -11.4. The van der Waals surface area contributed by atoms with Gasteiger partial charge in [-0.05, 0) is 6.07 Å². The van der Waals surface area contributed by atoms with E-state index in [9.17, 15) is 31.5 Å². The number of rotatable bonds is 0. The molecule has 0 aromatic heterocycles. The Hall–Kier alpha value is -1.77. The van der Waals surface area contributed by atoms with E-state index < -0.39 is 40.4 Å². The van der Waals surface area contributed by atoms with Crippen molar-refractivity contribution in [1.29, 1.82) is 0 Å². The Morgan fingerprint density at radius 3 is 1.87 bits per heavy atom. The first kappa shape index (κ1) is 17.6. The normalized spacial score (nSPS) is 18.5. The number of para-hydroxylation sites is 1. The summed E-state index contributed by atoms with van der Waals surface area (Å²) < 4.78 is 81.2. The van der Waals surface area contributed by atoms with Gasteiger partial charge in [-0.25, -0.2) is 10.1 Å². The molecule has 0 amide bonds. The van der Waals surface area contributed by atoms with Gasteiger partial charge in [0.05, 0.1) is 5.69 Å². The van der Waals surface area contributed by atoms with Gasteiger partial charge in [-0.3, -0.25) is 5.21 Å². The molecule has 0 bridgehead atoms. The molecule has 9 heteroatoms. The molecule has 0 radical (unpaired) electrons. The third-order valence-corrected chi connectivity index (χ3v) is 3.49. The number of amidine groups is 1. The second kappa shape index (κ2) is 4.86. The molecule has 0 saturated carbocycles. The number of anilines is 1. The van der Waals surface area contributed by atoms with Crippen LogP contribution >= 0.6 is 0 Å².